The van der Waals surface area contributed by atoms with Crippen molar-refractivity contribution in [3.63, 3.8) is 0 Å². The number of nitrogens with zero attached hydrogens (tertiary/aromatic N) is 2. The van der Waals surface area contributed by atoms with E-state index in [1.807, 2.05) is 32.0 Å². The number of ether oxygens (including phenoxy) is 3. The Hall–Kier alpha value is -2.83. The summed E-state index contributed by atoms with van der Waals surface area (Å²) < 4.78 is 17.6. The zero-order valence-electron chi connectivity index (χ0n) is 16.9. The first-order valence-electron chi connectivity index (χ1n) is 10.2. The number of carbonyl (C=O) groups is 1. The fraction of sp³-hybridized carbons (Fsp3) is 0.500. The molecule has 0 unspecified atom stereocenters. The van der Waals surface area contributed by atoms with Gasteiger partial charge < -0.3 is 19.5 Å². The number of benzene rings is 1. The van der Waals surface area contributed by atoms with Gasteiger partial charge in [-0.3, -0.25) is 4.79 Å². The minimum atomic E-state index is -0.241. The van der Waals surface area contributed by atoms with Crippen molar-refractivity contribution in [2.75, 3.05) is 6.61 Å². The Kier molecular flexibility index (Phi) is 5.56. The smallest absolute Gasteiger partial charge is 0.316 e. The van der Waals surface area contributed by atoms with Crippen LogP contribution in [0.5, 0.6) is 17.5 Å². The maximum atomic E-state index is 12.4. The first-order valence-corrected chi connectivity index (χ1v) is 10.2. The van der Waals surface area contributed by atoms with E-state index in [-0.39, 0.29) is 30.3 Å². The van der Waals surface area contributed by atoms with Crippen molar-refractivity contribution in [3.8, 4) is 17.5 Å². The molecule has 1 N–H and O–H groups in total. The second-order valence-electron chi connectivity index (χ2n) is 8.26. The summed E-state index contributed by atoms with van der Waals surface area (Å²) in [6.45, 7) is 4.08. The van der Waals surface area contributed by atoms with Crippen molar-refractivity contribution in [1.82, 2.24) is 15.3 Å². The van der Waals surface area contributed by atoms with Crippen molar-refractivity contribution in [2.45, 2.75) is 63.7 Å². The first kappa shape index (κ1) is 19.5. The second-order valence-corrected chi connectivity index (χ2v) is 8.26. The van der Waals surface area contributed by atoms with Crippen molar-refractivity contribution >= 4 is 5.91 Å². The number of rotatable bonds is 6. The molecule has 0 atom stereocenters. The average Bonchev–Trinajstić information content (AvgIpc) is 3.03. The third kappa shape index (κ3) is 4.96. The number of fused-ring (bicyclic) bond motifs is 1. The number of aromatic nitrogens is 2. The molecule has 2 aliphatic rings. The molecule has 1 aliphatic carbocycles. The molecule has 1 saturated carbocycles. The van der Waals surface area contributed by atoms with Crippen molar-refractivity contribution < 1.29 is 19.0 Å². The van der Waals surface area contributed by atoms with Gasteiger partial charge in [0.15, 0.2) is 18.1 Å². The van der Waals surface area contributed by atoms with Gasteiger partial charge in [-0.2, -0.15) is 0 Å². The molecule has 1 aromatic carbocycles. The van der Waals surface area contributed by atoms with Gasteiger partial charge in [-0.15, -0.1) is 0 Å². The fourth-order valence-electron chi connectivity index (χ4n) is 3.93. The summed E-state index contributed by atoms with van der Waals surface area (Å²) in [4.78, 5) is 20.6. The molecule has 0 radical (unpaired) electrons. The van der Waals surface area contributed by atoms with Crippen LogP contribution in [0.1, 0.15) is 45.1 Å². The van der Waals surface area contributed by atoms with E-state index < -0.39 is 0 Å². The number of hydrogen-bond donors (Lipinski definition) is 1. The van der Waals surface area contributed by atoms with Crippen LogP contribution < -0.4 is 19.5 Å². The van der Waals surface area contributed by atoms with Crippen LogP contribution in [0.25, 0.3) is 0 Å². The lowest BCUT2D eigenvalue weighted by Gasteiger charge is -2.28. The lowest BCUT2D eigenvalue weighted by molar-refractivity contribution is -0.124. The van der Waals surface area contributed by atoms with Crippen LogP contribution in [0.15, 0.2) is 36.7 Å². The van der Waals surface area contributed by atoms with Crippen LogP contribution in [0, 0.1) is 0 Å². The molecule has 2 heterocycles. The van der Waals surface area contributed by atoms with Crippen molar-refractivity contribution in [2.24, 2.45) is 0 Å². The van der Waals surface area contributed by atoms with Gasteiger partial charge in [-0.25, -0.2) is 9.97 Å². The molecular formula is C22H27N3O4. The normalized spacial score (nSPS) is 22.3. The Morgan fingerprint density at radius 2 is 1.93 bits per heavy atom. The Balaban J connectivity index is 1.22. The third-order valence-corrected chi connectivity index (χ3v) is 5.27. The summed E-state index contributed by atoms with van der Waals surface area (Å²) in [6, 6.07) is 8.14. The van der Waals surface area contributed by atoms with Gasteiger partial charge in [0.25, 0.3) is 5.91 Å². The minimum absolute atomic E-state index is 0.0193. The van der Waals surface area contributed by atoms with E-state index in [0.717, 1.165) is 43.4 Å². The molecule has 1 amide bonds. The summed E-state index contributed by atoms with van der Waals surface area (Å²) in [5.74, 6) is 1.27. The molecule has 7 heteroatoms. The number of carbonyl (C=O) groups excluding carboxylic acids is 1. The highest BCUT2D eigenvalue weighted by atomic mass is 16.5. The molecule has 7 nitrogen and oxygen atoms in total. The van der Waals surface area contributed by atoms with E-state index in [9.17, 15) is 4.79 Å². The maximum absolute atomic E-state index is 12.4. The van der Waals surface area contributed by atoms with E-state index in [1.54, 1.807) is 18.5 Å². The zero-order valence-corrected chi connectivity index (χ0v) is 16.9. The summed E-state index contributed by atoms with van der Waals surface area (Å²) in [5, 5.41) is 3.07. The minimum Gasteiger partial charge on any atom is -0.483 e. The van der Waals surface area contributed by atoms with Gasteiger partial charge in [-0.1, -0.05) is 12.1 Å². The quantitative estimate of drug-likeness (QED) is 0.807. The van der Waals surface area contributed by atoms with Crippen molar-refractivity contribution in [3.05, 3.63) is 42.2 Å². The highest BCUT2D eigenvalue weighted by Gasteiger charge is 2.32. The second kappa shape index (κ2) is 8.27. The van der Waals surface area contributed by atoms with Crippen molar-refractivity contribution in [1.29, 1.82) is 0 Å². The van der Waals surface area contributed by atoms with E-state index in [0.29, 0.717) is 11.8 Å². The predicted octanol–water partition coefficient (Wildman–Crippen LogP) is 3.08. The fourth-order valence-corrected chi connectivity index (χ4v) is 3.93. The lowest BCUT2D eigenvalue weighted by atomic mass is 9.93. The molecule has 0 bridgehead atoms. The van der Waals surface area contributed by atoms with Crippen LogP contribution >= 0.6 is 0 Å². The van der Waals surface area contributed by atoms with E-state index >= 15 is 0 Å². The topological polar surface area (TPSA) is 82.6 Å². The third-order valence-electron chi connectivity index (χ3n) is 5.27. The van der Waals surface area contributed by atoms with Crippen LogP contribution in [-0.2, 0) is 11.2 Å². The number of hydrogen-bond acceptors (Lipinski definition) is 6. The first-order chi connectivity index (χ1) is 14.0. The van der Waals surface area contributed by atoms with E-state index in [4.69, 9.17) is 14.2 Å². The molecule has 1 aliphatic heterocycles. The van der Waals surface area contributed by atoms with Crippen LogP contribution in [0.4, 0.5) is 0 Å². The molecule has 154 valence electrons. The van der Waals surface area contributed by atoms with Gasteiger partial charge in [0.2, 0.25) is 0 Å². The molecule has 1 aromatic heterocycles. The summed E-state index contributed by atoms with van der Waals surface area (Å²) in [7, 11) is 0. The molecule has 2 aromatic rings. The number of amides is 1. The molecule has 1 fully saturated rings. The summed E-state index contributed by atoms with van der Waals surface area (Å²) in [6.07, 6.45) is 7.71. The SMILES string of the molecule is CC1(C)Cc2cccc(OCC(=O)NC3CCC(Oc4ncccn4)CC3)c2O1. The zero-order chi connectivity index (χ0) is 20.3. The summed E-state index contributed by atoms with van der Waals surface area (Å²) in [5.41, 5.74) is 0.879. The Morgan fingerprint density at radius 1 is 1.17 bits per heavy atom. The molecule has 29 heavy (non-hydrogen) atoms. The highest BCUT2D eigenvalue weighted by molar-refractivity contribution is 5.78. The number of nitrogens with one attached hydrogen (secondary N) is 1. The Labute approximate surface area is 170 Å². The van der Waals surface area contributed by atoms with Crippen LogP contribution in [0.2, 0.25) is 0 Å². The van der Waals surface area contributed by atoms with Gasteiger partial charge >= 0.3 is 6.01 Å². The van der Waals surface area contributed by atoms with Gasteiger partial charge in [0.1, 0.15) is 11.7 Å². The van der Waals surface area contributed by atoms with Crippen LogP contribution in [-0.4, -0.2) is 40.2 Å². The molecule has 0 saturated heterocycles. The largest absolute Gasteiger partial charge is 0.483 e. The average molecular weight is 397 g/mol. The van der Waals surface area contributed by atoms with Gasteiger partial charge in [0, 0.05) is 30.4 Å². The van der Waals surface area contributed by atoms with E-state index in [1.165, 1.54) is 0 Å². The molecular weight excluding hydrogens is 370 g/mol. The summed E-state index contributed by atoms with van der Waals surface area (Å²) >= 11 is 0. The molecule has 0 spiro atoms. The predicted molar refractivity (Wildman–Crippen MR) is 107 cm³/mol. The monoisotopic (exact) mass is 397 g/mol. The Bertz CT molecular complexity index is 848. The standard InChI is InChI=1S/C22H27N3O4/c1-22(2)13-15-5-3-6-18(20(15)29-22)27-14-19(26)25-16-7-9-17(10-8-16)28-21-23-11-4-12-24-21/h3-6,11-12,16-17H,7-10,13-14H2,1-2H3,(H,25,26). The van der Waals surface area contributed by atoms with Crippen LogP contribution in [0.3, 0.4) is 0 Å². The van der Waals surface area contributed by atoms with Gasteiger partial charge in [-0.05, 0) is 51.7 Å². The Morgan fingerprint density at radius 3 is 2.69 bits per heavy atom. The van der Waals surface area contributed by atoms with Gasteiger partial charge in [0.05, 0.1) is 0 Å². The highest BCUT2D eigenvalue weighted by Crippen LogP contribution is 2.41. The molecule has 4 rings (SSSR count). The van der Waals surface area contributed by atoms with E-state index in [2.05, 4.69) is 15.3 Å². The maximum Gasteiger partial charge on any atom is 0.316 e. The number of para-hydroxylation sites is 1. The lowest BCUT2D eigenvalue weighted by Crippen LogP contribution is -2.41.